The van der Waals surface area contributed by atoms with Crippen LogP contribution in [0.4, 0.5) is 11.4 Å². The Kier molecular flexibility index (Phi) is 5.33. The van der Waals surface area contributed by atoms with Crippen molar-refractivity contribution in [3.8, 4) is 5.75 Å². The summed E-state index contributed by atoms with van der Waals surface area (Å²) in [7, 11) is 1.86. The Labute approximate surface area is 176 Å². The van der Waals surface area contributed by atoms with Crippen molar-refractivity contribution < 1.29 is 13.5 Å². The van der Waals surface area contributed by atoms with Gasteiger partial charge in [0.25, 0.3) is 10.0 Å². The first-order valence-corrected chi connectivity index (χ1v) is 10.7. The van der Waals surface area contributed by atoms with E-state index in [4.69, 9.17) is 7.85 Å². The molecule has 3 N–H and O–H groups in total. The fourth-order valence-electron chi connectivity index (χ4n) is 3.07. The Morgan fingerprint density at radius 3 is 2.50 bits per heavy atom. The van der Waals surface area contributed by atoms with Crippen molar-refractivity contribution in [1.29, 1.82) is 0 Å². The molecule has 4 rings (SSSR count). The lowest BCUT2D eigenvalue weighted by Gasteiger charge is -2.12. The molecular formula is C22H18BN3O3S. The fourth-order valence-corrected chi connectivity index (χ4v) is 4.14. The number of rotatable bonds is 6. The van der Waals surface area contributed by atoms with Crippen molar-refractivity contribution in [3.63, 3.8) is 0 Å². The third kappa shape index (κ3) is 4.23. The minimum absolute atomic E-state index is 0.106. The van der Waals surface area contributed by atoms with E-state index < -0.39 is 10.0 Å². The number of phenolic OH excluding ortho intramolecular Hbond substituents is 1. The zero-order valence-corrected chi connectivity index (χ0v) is 16.7. The van der Waals surface area contributed by atoms with Crippen LogP contribution in [0.1, 0.15) is 5.56 Å². The Morgan fingerprint density at radius 2 is 1.73 bits per heavy atom. The molecule has 2 radical (unpaired) electrons. The highest BCUT2D eigenvalue weighted by Crippen LogP contribution is 2.24. The van der Waals surface area contributed by atoms with Gasteiger partial charge >= 0.3 is 0 Å². The van der Waals surface area contributed by atoms with Crippen molar-refractivity contribution >= 4 is 45.6 Å². The molecule has 30 heavy (non-hydrogen) atoms. The summed E-state index contributed by atoms with van der Waals surface area (Å²) in [6, 6.07) is 20.3. The van der Waals surface area contributed by atoms with Gasteiger partial charge in [0.1, 0.15) is 13.6 Å². The summed E-state index contributed by atoms with van der Waals surface area (Å²) >= 11 is 0. The summed E-state index contributed by atoms with van der Waals surface area (Å²) in [6.45, 7) is 0.373. The van der Waals surface area contributed by atoms with Crippen molar-refractivity contribution in [3.05, 3.63) is 84.6 Å². The third-order valence-electron chi connectivity index (χ3n) is 4.63. The highest BCUT2D eigenvalue weighted by Gasteiger charge is 2.16. The van der Waals surface area contributed by atoms with Crippen molar-refractivity contribution in [2.45, 2.75) is 11.4 Å². The molecule has 0 aliphatic carbocycles. The second-order valence-corrected chi connectivity index (χ2v) is 8.43. The van der Waals surface area contributed by atoms with Crippen LogP contribution < -0.4 is 15.5 Å². The van der Waals surface area contributed by atoms with Crippen LogP contribution in [0.5, 0.6) is 5.75 Å². The molecule has 0 saturated carbocycles. The minimum atomic E-state index is -3.77. The van der Waals surface area contributed by atoms with Crippen LogP contribution in [0.25, 0.3) is 10.9 Å². The topological polar surface area (TPSA) is 91.3 Å². The second-order valence-electron chi connectivity index (χ2n) is 6.75. The van der Waals surface area contributed by atoms with Crippen LogP contribution >= 0.6 is 0 Å². The molecule has 0 spiro atoms. The molecule has 0 fully saturated rings. The van der Waals surface area contributed by atoms with E-state index in [1.165, 1.54) is 18.2 Å². The van der Waals surface area contributed by atoms with Crippen molar-refractivity contribution in [2.75, 3.05) is 10.0 Å². The summed E-state index contributed by atoms with van der Waals surface area (Å²) in [5.74, 6) is 0.106. The average Bonchev–Trinajstić information content (AvgIpc) is 2.73. The number of hydrogen-bond acceptors (Lipinski definition) is 5. The Hall–Kier alpha value is -3.52. The SMILES string of the molecule is [B]c1ccc(CNc2ccc(S(=O)(=O)Nc3cccc4cccnc34)cc2)c(O)c1. The molecule has 0 aliphatic rings. The van der Waals surface area contributed by atoms with Crippen LogP contribution in [0, 0.1) is 0 Å². The van der Waals surface area contributed by atoms with E-state index >= 15 is 0 Å². The van der Waals surface area contributed by atoms with E-state index in [2.05, 4.69) is 15.0 Å². The largest absolute Gasteiger partial charge is 0.508 e. The van der Waals surface area contributed by atoms with Gasteiger partial charge in [-0.3, -0.25) is 9.71 Å². The van der Waals surface area contributed by atoms with E-state index in [-0.39, 0.29) is 10.6 Å². The van der Waals surface area contributed by atoms with E-state index in [1.54, 1.807) is 48.7 Å². The molecule has 4 aromatic rings. The summed E-state index contributed by atoms with van der Waals surface area (Å²) in [4.78, 5) is 4.41. The molecule has 0 atom stereocenters. The number of pyridine rings is 1. The van der Waals surface area contributed by atoms with Gasteiger partial charge < -0.3 is 10.4 Å². The van der Waals surface area contributed by atoms with Gasteiger partial charge in [0.2, 0.25) is 0 Å². The Morgan fingerprint density at radius 1 is 0.967 bits per heavy atom. The first-order valence-electron chi connectivity index (χ1n) is 9.20. The lowest BCUT2D eigenvalue weighted by molar-refractivity contribution is 0.469. The summed E-state index contributed by atoms with van der Waals surface area (Å²) in [6.07, 6.45) is 1.62. The van der Waals surface area contributed by atoms with E-state index in [9.17, 15) is 13.5 Å². The van der Waals surface area contributed by atoms with Crippen LogP contribution in [0.2, 0.25) is 0 Å². The molecular weight excluding hydrogens is 397 g/mol. The predicted octanol–water partition coefficient (Wildman–Crippen LogP) is 3.15. The molecule has 0 bridgehead atoms. The molecule has 0 unspecified atom stereocenters. The lowest BCUT2D eigenvalue weighted by atomic mass is 9.94. The highest BCUT2D eigenvalue weighted by molar-refractivity contribution is 7.92. The van der Waals surface area contributed by atoms with Crippen molar-refractivity contribution in [2.24, 2.45) is 0 Å². The molecule has 8 heteroatoms. The maximum atomic E-state index is 12.8. The number of para-hydroxylation sites is 1. The van der Waals surface area contributed by atoms with Gasteiger partial charge in [0.15, 0.2) is 0 Å². The first-order chi connectivity index (χ1) is 14.4. The van der Waals surface area contributed by atoms with Crippen molar-refractivity contribution in [1.82, 2.24) is 4.98 Å². The summed E-state index contributed by atoms with van der Waals surface area (Å²) in [5, 5.41) is 13.9. The minimum Gasteiger partial charge on any atom is -0.508 e. The molecule has 3 aromatic carbocycles. The van der Waals surface area contributed by atoms with E-state index in [1.807, 2.05) is 12.1 Å². The molecule has 6 nitrogen and oxygen atoms in total. The van der Waals surface area contributed by atoms with Crippen LogP contribution in [0.3, 0.4) is 0 Å². The van der Waals surface area contributed by atoms with Gasteiger partial charge in [-0.2, -0.15) is 0 Å². The number of anilines is 2. The highest BCUT2D eigenvalue weighted by atomic mass is 32.2. The second kappa shape index (κ2) is 8.08. The van der Waals surface area contributed by atoms with Gasteiger partial charge in [-0.25, -0.2) is 8.42 Å². The standard InChI is InChI=1S/C22H18BN3O3S/c23-17-7-6-16(21(27)13-17)14-25-18-8-10-19(11-9-18)30(28,29)26-20-5-1-3-15-4-2-12-24-22(15)20/h1-13,25-27H,14H2. The zero-order chi connectivity index (χ0) is 21.1. The number of nitrogens with one attached hydrogen (secondary N) is 2. The van der Waals surface area contributed by atoms with Crippen LogP contribution in [-0.4, -0.2) is 26.4 Å². The van der Waals surface area contributed by atoms with Gasteiger partial charge in [-0.15, -0.1) is 0 Å². The van der Waals surface area contributed by atoms with E-state index in [0.29, 0.717) is 28.8 Å². The Bertz CT molecular complexity index is 1300. The van der Waals surface area contributed by atoms with Gasteiger partial charge in [0, 0.05) is 29.4 Å². The molecule has 0 amide bonds. The molecule has 0 aliphatic heterocycles. The number of aromatic hydroxyl groups is 1. The average molecular weight is 415 g/mol. The molecule has 1 aromatic heterocycles. The maximum Gasteiger partial charge on any atom is 0.261 e. The summed E-state index contributed by atoms with van der Waals surface area (Å²) in [5.41, 5.74) is 2.90. The summed E-state index contributed by atoms with van der Waals surface area (Å²) < 4.78 is 28.2. The number of nitrogens with zero attached hydrogens (tertiary/aromatic N) is 1. The van der Waals surface area contributed by atoms with Gasteiger partial charge in [0.05, 0.1) is 16.1 Å². The van der Waals surface area contributed by atoms with Gasteiger partial charge in [-0.1, -0.05) is 35.8 Å². The number of phenols is 1. The number of sulfonamides is 1. The van der Waals surface area contributed by atoms with E-state index in [0.717, 1.165) is 11.1 Å². The number of aromatic nitrogens is 1. The van der Waals surface area contributed by atoms with Crippen LogP contribution in [-0.2, 0) is 16.6 Å². The molecule has 148 valence electrons. The normalized spacial score (nSPS) is 11.3. The van der Waals surface area contributed by atoms with Crippen LogP contribution in [0.15, 0.2) is 83.9 Å². The number of fused-ring (bicyclic) bond motifs is 1. The lowest BCUT2D eigenvalue weighted by Crippen LogP contribution is -2.13. The monoisotopic (exact) mass is 415 g/mol. The number of benzene rings is 3. The predicted molar refractivity (Wildman–Crippen MR) is 120 cm³/mol. The zero-order valence-electron chi connectivity index (χ0n) is 15.9. The molecule has 1 heterocycles. The molecule has 0 saturated heterocycles. The maximum absolute atomic E-state index is 12.8. The van der Waals surface area contributed by atoms with Gasteiger partial charge in [-0.05, 0) is 42.5 Å². The number of hydrogen-bond donors (Lipinski definition) is 3. The quantitative estimate of drug-likeness (QED) is 0.421. The Balaban J connectivity index is 1.50. The fraction of sp³-hybridized carbons (Fsp3) is 0.0455. The first kappa shape index (κ1) is 19.8. The smallest absolute Gasteiger partial charge is 0.261 e. The third-order valence-corrected chi connectivity index (χ3v) is 6.02.